The molecule has 0 bridgehead atoms. The van der Waals surface area contributed by atoms with Crippen LogP contribution in [-0.4, -0.2) is 30.1 Å². The van der Waals surface area contributed by atoms with Gasteiger partial charge in [0.15, 0.2) is 0 Å². The third-order valence-corrected chi connectivity index (χ3v) is 6.23. The number of methoxy groups -OCH3 is 1. The van der Waals surface area contributed by atoms with Crippen molar-refractivity contribution in [2.75, 3.05) is 11.8 Å². The number of halogens is 1. The minimum atomic E-state index is -3.80. The van der Waals surface area contributed by atoms with Crippen LogP contribution in [0, 0.1) is 0 Å². The molecule has 27 heavy (non-hydrogen) atoms. The molecule has 4 aromatic rings. The summed E-state index contributed by atoms with van der Waals surface area (Å²) in [4.78, 5) is 4.92. The van der Waals surface area contributed by atoms with Crippen molar-refractivity contribution in [3.05, 3.63) is 58.9 Å². The van der Waals surface area contributed by atoms with Gasteiger partial charge < -0.3 is 4.74 Å². The predicted octanol–water partition coefficient (Wildman–Crippen LogP) is 3.92. The molecule has 2 aromatic heterocycles. The number of thiazole rings is 1. The number of sulfonamides is 1. The lowest BCUT2D eigenvalue weighted by molar-refractivity contribution is 0.414. The maximum absolute atomic E-state index is 12.5. The molecule has 0 saturated carbocycles. The fraction of sp³-hybridized carbons (Fsp3) is 0.0588. The zero-order valence-electron chi connectivity index (χ0n) is 14.0. The van der Waals surface area contributed by atoms with Gasteiger partial charge in [-0.3, -0.25) is 0 Å². The molecule has 0 aliphatic heterocycles. The monoisotopic (exact) mass is 420 g/mol. The molecular weight excluding hydrogens is 408 g/mol. The second-order valence-electron chi connectivity index (χ2n) is 5.54. The number of aromatic nitrogens is 3. The molecule has 0 atom stereocenters. The van der Waals surface area contributed by atoms with Crippen molar-refractivity contribution < 1.29 is 13.2 Å². The van der Waals surface area contributed by atoms with E-state index >= 15 is 0 Å². The Balaban J connectivity index is 1.65. The van der Waals surface area contributed by atoms with Crippen LogP contribution in [0.25, 0.3) is 16.2 Å². The average Bonchev–Trinajstić information content (AvgIpc) is 3.22. The van der Waals surface area contributed by atoms with Gasteiger partial charge in [0.1, 0.15) is 5.75 Å². The lowest BCUT2D eigenvalue weighted by Gasteiger charge is -2.05. The Bertz CT molecular complexity index is 1200. The van der Waals surface area contributed by atoms with Crippen LogP contribution < -0.4 is 9.46 Å². The number of hydrogen-bond donors (Lipinski definition) is 1. The second-order valence-corrected chi connectivity index (χ2v) is 8.49. The molecule has 10 heteroatoms. The third kappa shape index (κ3) is 3.48. The molecule has 7 nitrogen and oxygen atoms in total. The lowest BCUT2D eigenvalue weighted by Crippen LogP contribution is -2.14. The number of benzene rings is 2. The van der Waals surface area contributed by atoms with E-state index in [9.17, 15) is 8.42 Å². The van der Waals surface area contributed by atoms with Crippen molar-refractivity contribution in [3.8, 4) is 17.0 Å². The van der Waals surface area contributed by atoms with Crippen molar-refractivity contribution >= 4 is 43.9 Å². The first-order valence-corrected chi connectivity index (χ1v) is 10.5. The highest BCUT2D eigenvalue weighted by molar-refractivity contribution is 7.92. The van der Waals surface area contributed by atoms with E-state index in [1.165, 1.54) is 30.6 Å². The molecule has 138 valence electrons. The number of hydrogen-bond acceptors (Lipinski definition) is 6. The number of rotatable bonds is 5. The standard InChI is InChI=1S/C17H13ClN4O3S2/c1-25-13-6-8-14(9-7-13)27(23,24)21-16-19-17-22(20-16)15(10-26-17)11-2-4-12(18)5-3-11/h2-10H,1H3,(H,20,21). The normalized spacial score (nSPS) is 11.6. The Kier molecular flexibility index (Phi) is 4.50. The van der Waals surface area contributed by atoms with Crippen LogP contribution in [0.1, 0.15) is 0 Å². The Labute approximate surface area is 164 Å². The Morgan fingerprint density at radius 2 is 1.81 bits per heavy atom. The first-order chi connectivity index (χ1) is 13.0. The van der Waals surface area contributed by atoms with E-state index < -0.39 is 10.0 Å². The van der Waals surface area contributed by atoms with E-state index in [4.69, 9.17) is 16.3 Å². The van der Waals surface area contributed by atoms with Crippen LogP contribution in [0.15, 0.2) is 58.8 Å². The lowest BCUT2D eigenvalue weighted by atomic mass is 10.2. The van der Waals surface area contributed by atoms with Crippen molar-refractivity contribution in [2.24, 2.45) is 0 Å². The zero-order chi connectivity index (χ0) is 19.0. The molecular formula is C17H13ClN4O3S2. The fourth-order valence-corrected chi connectivity index (χ4v) is 4.37. The molecule has 0 fully saturated rings. The van der Waals surface area contributed by atoms with Crippen LogP contribution in [0.3, 0.4) is 0 Å². The summed E-state index contributed by atoms with van der Waals surface area (Å²) in [7, 11) is -2.29. The minimum absolute atomic E-state index is 0.00730. The summed E-state index contributed by atoms with van der Waals surface area (Å²) in [6.45, 7) is 0. The highest BCUT2D eigenvalue weighted by Crippen LogP contribution is 2.27. The quantitative estimate of drug-likeness (QED) is 0.528. The molecule has 0 aliphatic rings. The SMILES string of the molecule is COc1ccc(S(=O)(=O)Nc2nc3scc(-c4ccc(Cl)cc4)n3n2)cc1. The van der Waals surface area contributed by atoms with Gasteiger partial charge in [-0.1, -0.05) is 23.7 Å². The Hall–Kier alpha value is -2.62. The molecule has 2 heterocycles. The third-order valence-electron chi connectivity index (χ3n) is 3.82. The first kappa shape index (κ1) is 17.8. The number of anilines is 1. The molecule has 2 aromatic carbocycles. The summed E-state index contributed by atoms with van der Waals surface area (Å²) in [6.07, 6.45) is 0. The maximum atomic E-state index is 12.5. The van der Waals surface area contributed by atoms with Gasteiger partial charge in [0.25, 0.3) is 16.0 Å². The topological polar surface area (TPSA) is 85.6 Å². The van der Waals surface area contributed by atoms with Crippen LogP contribution in [0.4, 0.5) is 5.95 Å². The predicted molar refractivity (Wildman–Crippen MR) is 105 cm³/mol. The van der Waals surface area contributed by atoms with Gasteiger partial charge in [-0.2, -0.15) is 4.98 Å². The molecule has 0 spiro atoms. The Morgan fingerprint density at radius 3 is 2.48 bits per heavy atom. The molecule has 0 aliphatic carbocycles. The summed E-state index contributed by atoms with van der Waals surface area (Å²) in [5.74, 6) is 0.579. The number of nitrogens with zero attached hydrogens (tertiary/aromatic N) is 3. The highest BCUT2D eigenvalue weighted by atomic mass is 35.5. The van der Waals surface area contributed by atoms with Gasteiger partial charge in [-0.25, -0.2) is 17.7 Å². The van der Waals surface area contributed by atoms with Gasteiger partial charge in [-0.05, 0) is 36.4 Å². The number of fused-ring (bicyclic) bond motifs is 1. The summed E-state index contributed by atoms with van der Waals surface area (Å²) >= 11 is 7.29. The van der Waals surface area contributed by atoms with Gasteiger partial charge in [0, 0.05) is 16.0 Å². The van der Waals surface area contributed by atoms with E-state index in [0.717, 1.165) is 11.3 Å². The molecule has 0 saturated heterocycles. The van der Waals surface area contributed by atoms with Crippen molar-refractivity contribution in [1.82, 2.24) is 14.6 Å². The van der Waals surface area contributed by atoms with E-state index in [-0.39, 0.29) is 10.8 Å². The number of nitrogens with one attached hydrogen (secondary N) is 1. The van der Waals surface area contributed by atoms with Gasteiger partial charge in [0.05, 0.1) is 17.7 Å². The van der Waals surface area contributed by atoms with Gasteiger partial charge in [-0.15, -0.1) is 16.4 Å². The first-order valence-electron chi connectivity index (χ1n) is 7.73. The molecule has 0 amide bonds. The molecule has 4 rings (SSSR count). The van der Waals surface area contributed by atoms with Crippen molar-refractivity contribution in [2.45, 2.75) is 4.90 Å². The van der Waals surface area contributed by atoms with Crippen molar-refractivity contribution in [3.63, 3.8) is 0 Å². The van der Waals surface area contributed by atoms with Crippen LogP contribution in [-0.2, 0) is 10.0 Å². The van der Waals surface area contributed by atoms with Gasteiger partial charge >= 0.3 is 0 Å². The van der Waals surface area contributed by atoms with E-state index in [1.807, 2.05) is 17.5 Å². The second kappa shape index (κ2) is 6.84. The van der Waals surface area contributed by atoms with E-state index in [2.05, 4.69) is 14.8 Å². The largest absolute Gasteiger partial charge is 0.497 e. The number of ether oxygens (including phenoxy) is 1. The van der Waals surface area contributed by atoms with Gasteiger partial charge in [0.2, 0.25) is 4.96 Å². The smallest absolute Gasteiger partial charge is 0.264 e. The average molecular weight is 421 g/mol. The Morgan fingerprint density at radius 1 is 1.11 bits per heavy atom. The van der Waals surface area contributed by atoms with Crippen molar-refractivity contribution in [1.29, 1.82) is 0 Å². The summed E-state index contributed by atoms with van der Waals surface area (Å²) in [6, 6.07) is 13.4. The molecule has 0 radical (unpaired) electrons. The zero-order valence-corrected chi connectivity index (χ0v) is 16.3. The maximum Gasteiger partial charge on any atom is 0.264 e. The van der Waals surface area contributed by atoms with E-state index in [1.54, 1.807) is 28.8 Å². The highest BCUT2D eigenvalue weighted by Gasteiger charge is 2.19. The minimum Gasteiger partial charge on any atom is -0.497 e. The van der Waals surface area contributed by atoms with Crippen LogP contribution >= 0.6 is 22.9 Å². The summed E-state index contributed by atoms with van der Waals surface area (Å²) in [5, 5.41) is 6.82. The molecule has 1 N–H and O–H groups in total. The summed E-state index contributed by atoms with van der Waals surface area (Å²) < 4.78 is 34.1. The van der Waals surface area contributed by atoms with E-state index in [0.29, 0.717) is 15.7 Å². The summed E-state index contributed by atoms with van der Waals surface area (Å²) in [5.41, 5.74) is 1.70. The van der Waals surface area contributed by atoms with Crippen LogP contribution in [0.5, 0.6) is 5.75 Å². The van der Waals surface area contributed by atoms with Crippen LogP contribution in [0.2, 0.25) is 5.02 Å². The fourth-order valence-electron chi connectivity index (χ4n) is 2.48. The molecule has 0 unspecified atom stereocenters.